The highest BCUT2D eigenvalue weighted by Gasteiger charge is 2.21. The SMILES string of the molecule is CSc1c(N(C(C)=O)c2cc(NC(=O)Cc3c(Cl)cccc3Cl)ccn2)ccn2nccc12. The molecule has 0 aliphatic heterocycles. The summed E-state index contributed by atoms with van der Waals surface area (Å²) in [5.74, 6) is -0.120. The molecule has 0 saturated carbocycles. The van der Waals surface area contributed by atoms with Gasteiger partial charge in [0, 0.05) is 41.1 Å². The van der Waals surface area contributed by atoms with Crippen molar-refractivity contribution < 1.29 is 9.59 Å². The van der Waals surface area contributed by atoms with Crippen LogP contribution in [0.15, 0.2) is 66.0 Å². The average Bonchev–Trinajstić information content (AvgIpc) is 3.25. The van der Waals surface area contributed by atoms with Crippen molar-refractivity contribution in [1.82, 2.24) is 14.6 Å². The Balaban J connectivity index is 1.64. The number of carbonyl (C=O) groups is 2. The van der Waals surface area contributed by atoms with Crippen LogP contribution in [0.2, 0.25) is 10.0 Å². The highest BCUT2D eigenvalue weighted by atomic mass is 35.5. The van der Waals surface area contributed by atoms with Gasteiger partial charge in [-0.15, -0.1) is 11.8 Å². The van der Waals surface area contributed by atoms with Crippen LogP contribution in [0.3, 0.4) is 0 Å². The highest BCUT2D eigenvalue weighted by molar-refractivity contribution is 7.99. The van der Waals surface area contributed by atoms with Crippen molar-refractivity contribution in [2.45, 2.75) is 18.2 Å². The second kappa shape index (κ2) is 9.82. The summed E-state index contributed by atoms with van der Waals surface area (Å²) in [4.78, 5) is 32.1. The van der Waals surface area contributed by atoms with Gasteiger partial charge < -0.3 is 5.32 Å². The Bertz CT molecular complexity index is 1340. The zero-order valence-electron chi connectivity index (χ0n) is 17.8. The van der Waals surface area contributed by atoms with Crippen LogP contribution in [0.5, 0.6) is 0 Å². The molecule has 33 heavy (non-hydrogen) atoms. The number of thioether (sulfide) groups is 1. The molecule has 3 heterocycles. The summed E-state index contributed by atoms with van der Waals surface area (Å²) in [7, 11) is 0. The topological polar surface area (TPSA) is 79.6 Å². The van der Waals surface area contributed by atoms with E-state index in [1.165, 1.54) is 23.6 Å². The van der Waals surface area contributed by atoms with Gasteiger partial charge in [0.1, 0.15) is 5.82 Å². The van der Waals surface area contributed by atoms with Crippen molar-refractivity contribution in [2.24, 2.45) is 0 Å². The molecule has 0 bridgehead atoms. The average molecular weight is 500 g/mol. The van der Waals surface area contributed by atoms with Crippen LogP contribution in [-0.4, -0.2) is 32.7 Å². The smallest absolute Gasteiger partial charge is 0.229 e. The van der Waals surface area contributed by atoms with Gasteiger partial charge in [-0.2, -0.15) is 5.10 Å². The molecule has 0 aliphatic carbocycles. The van der Waals surface area contributed by atoms with Crippen molar-refractivity contribution >= 4 is 69.5 Å². The zero-order valence-corrected chi connectivity index (χ0v) is 20.1. The molecule has 0 unspecified atom stereocenters. The standard InChI is InChI=1S/C23H19Cl2N5O2S/c1-14(31)30(20-8-11-29-19(7-10-27-29)23(20)33-2)21-12-15(6-9-26-21)28-22(32)13-16-17(24)4-3-5-18(16)25/h3-12H,13H2,1-2H3,(H,26,28,32). The number of amides is 2. The summed E-state index contributed by atoms with van der Waals surface area (Å²) < 4.78 is 1.75. The molecule has 2 amide bonds. The number of benzene rings is 1. The number of nitrogens with one attached hydrogen (secondary N) is 1. The number of fused-ring (bicyclic) bond motifs is 1. The highest BCUT2D eigenvalue weighted by Crippen LogP contribution is 2.36. The van der Waals surface area contributed by atoms with E-state index in [0.29, 0.717) is 32.8 Å². The van der Waals surface area contributed by atoms with Gasteiger partial charge >= 0.3 is 0 Å². The summed E-state index contributed by atoms with van der Waals surface area (Å²) in [5.41, 5.74) is 2.61. The summed E-state index contributed by atoms with van der Waals surface area (Å²) in [6.07, 6.45) is 6.99. The number of anilines is 3. The molecule has 0 spiro atoms. The molecule has 168 valence electrons. The van der Waals surface area contributed by atoms with Crippen LogP contribution >= 0.6 is 35.0 Å². The fraction of sp³-hybridized carbons (Fsp3) is 0.130. The number of pyridine rings is 2. The fourth-order valence-electron chi connectivity index (χ4n) is 3.49. The third kappa shape index (κ3) is 4.83. The van der Waals surface area contributed by atoms with Gasteiger partial charge in [-0.3, -0.25) is 14.5 Å². The van der Waals surface area contributed by atoms with Crippen LogP contribution in [0.1, 0.15) is 12.5 Å². The Morgan fingerprint density at radius 1 is 1.12 bits per heavy atom. The minimum atomic E-state index is -0.290. The summed E-state index contributed by atoms with van der Waals surface area (Å²) >= 11 is 13.9. The maximum Gasteiger partial charge on any atom is 0.229 e. The first kappa shape index (κ1) is 23.1. The van der Waals surface area contributed by atoms with Gasteiger partial charge in [-0.25, -0.2) is 9.50 Å². The minimum absolute atomic E-state index is 0.0150. The van der Waals surface area contributed by atoms with Crippen LogP contribution in [0.25, 0.3) is 5.52 Å². The lowest BCUT2D eigenvalue weighted by atomic mass is 10.1. The number of halogens is 2. The molecule has 4 rings (SSSR count). The van der Waals surface area contributed by atoms with Gasteiger partial charge in [0.15, 0.2) is 0 Å². The Morgan fingerprint density at radius 3 is 2.58 bits per heavy atom. The molecule has 0 atom stereocenters. The van der Waals surface area contributed by atoms with E-state index in [2.05, 4.69) is 15.4 Å². The Hall–Kier alpha value is -3.07. The van der Waals surface area contributed by atoms with Crippen molar-refractivity contribution in [3.8, 4) is 0 Å². The zero-order chi connectivity index (χ0) is 23.5. The first-order valence-electron chi connectivity index (χ1n) is 9.89. The maximum atomic E-state index is 12.7. The molecule has 10 heteroatoms. The first-order chi connectivity index (χ1) is 15.9. The van der Waals surface area contributed by atoms with E-state index in [4.69, 9.17) is 23.2 Å². The predicted molar refractivity (Wildman–Crippen MR) is 133 cm³/mol. The monoisotopic (exact) mass is 499 g/mol. The number of aromatic nitrogens is 3. The normalized spacial score (nSPS) is 10.9. The third-order valence-electron chi connectivity index (χ3n) is 4.93. The molecule has 0 aliphatic rings. The van der Waals surface area contributed by atoms with Crippen LogP contribution < -0.4 is 10.2 Å². The number of hydrogen-bond donors (Lipinski definition) is 1. The van der Waals surface area contributed by atoms with Crippen molar-refractivity contribution in [3.05, 3.63) is 76.7 Å². The lowest BCUT2D eigenvalue weighted by Gasteiger charge is -2.23. The number of rotatable bonds is 6. The molecular weight excluding hydrogens is 481 g/mol. The predicted octanol–water partition coefficient (Wildman–Crippen LogP) is 5.62. The van der Waals surface area contributed by atoms with Crippen LogP contribution in [0.4, 0.5) is 17.2 Å². The molecule has 0 radical (unpaired) electrons. The fourth-order valence-corrected chi connectivity index (χ4v) is 4.76. The van der Waals surface area contributed by atoms with E-state index in [1.54, 1.807) is 53.4 Å². The van der Waals surface area contributed by atoms with Gasteiger partial charge in [0.25, 0.3) is 0 Å². The Kier molecular flexibility index (Phi) is 6.88. The molecule has 3 aromatic heterocycles. The first-order valence-corrected chi connectivity index (χ1v) is 11.9. The van der Waals surface area contributed by atoms with Crippen molar-refractivity contribution in [1.29, 1.82) is 0 Å². The summed E-state index contributed by atoms with van der Waals surface area (Å²) in [5, 5.41) is 7.94. The molecule has 0 saturated heterocycles. The molecule has 4 aromatic rings. The lowest BCUT2D eigenvalue weighted by molar-refractivity contribution is -0.116. The third-order valence-corrected chi connectivity index (χ3v) is 6.46. The van der Waals surface area contributed by atoms with Crippen LogP contribution in [0, 0.1) is 0 Å². The lowest BCUT2D eigenvalue weighted by Crippen LogP contribution is -2.25. The molecule has 1 N–H and O–H groups in total. The van der Waals surface area contributed by atoms with Gasteiger partial charge in [0.05, 0.1) is 28.7 Å². The summed E-state index contributed by atoms with van der Waals surface area (Å²) in [6.45, 7) is 1.47. The van der Waals surface area contributed by atoms with Gasteiger partial charge in [0.2, 0.25) is 11.8 Å². The van der Waals surface area contributed by atoms with E-state index >= 15 is 0 Å². The molecule has 0 fully saturated rings. The molecule has 1 aromatic carbocycles. The van der Waals surface area contributed by atoms with E-state index < -0.39 is 0 Å². The van der Waals surface area contributed by atoms with Crippen LogP contribution in [-0.2, 0) is 16.0 Å². The Labute approximate surface area is 204 Å². The minimum Gasteiger partial charge on any atom is -0.326 e. The molecular formula is C23H19Cl2N5O2S. The second-order valence-electron chi connectivity index (χ2n) is 7.08. The maximum absolute atomic E-state index is 12.7. The van der Waals surface area contributed by atoms with Gasteiger partial charge in [-0.1, -0.05) is 29.3 Å². The largest absolute Gasteiger partial charge is 0.326 e. The summed E-state index contributed by atoms with van der Waals surface area (Å²) in [6, 6.07) is 12.1. The quantitative estimate of drug-likeness (QED) is 0.348. The van der Waals surface area contributed by atoms with E-state index in [1.807, 2.05) is 18.4 Å². The number of nitrogens with zero attached hydrogens (tertiary/aromatic N) is 4. The van der Waals surface area contributed by atoms with Crippen molar-refractivity contribution in [2.75, 3.05) is 16.5 Å². The van der Waals surface area contributed by atoms with E-state index in [9.17, 15) is 9.59 Å². The van der Waals surface area contributed by atoms with Crippen molar-refractivity contribution in [3.63, 3.8) is 0 Å². The number of hydrogen-bond acceptors (Lipinski definition) is 5. The van der Waals surface area contributed by atoms with E-state index in [0.717, 1.165) is 10.4 Å². The van der Waals surface area contributed by atoms with E-state index in [-0.39, 0.29) is 18.2 Å². The number of carbonyl (C=O) groups excluding carboxylic acids is 2. The second-order valence-corrected chi connectivity index (χ2v) is 8.71. The Morgan fingerprint density at radius 2 is 1.88 bits per heavy atom. The van der Waals surface area contributed by atoms with Gasteiger partial charge in [-0.05, 0) is 42.2 Å². The molecule has 7 nitrogen and oxygen atoms in total.